The van der Waals surface area contributed by atoms with Crippen LogP contribution in [0.1, 0.15) is 18.1 Å². The lowest BCUT2D eigenvalue weighted by atomic mass is 10.0. The van der Waals surface area contributed by atoms with Crippen molar-refractivity contribution in [3.8, 4) is 0 Å². The third kappa shape index (κ3) is 3.70. The molecule has 2 saturated heterocycles. The molecule has 4 rings (SSSR count). The van der Waals surface area contributed by atoms with Gasteiger partial charge in [0.05, 0.1) is 17.7 Å². The molecule has 6 nitrogen and oxygen atoms in total. The SMILES string of the molecule is CCn1cc(CN2CCN(Cc3ccccc3)[C@H]3CS(=O)(=O)C[C@H]32)cn1. The summed E-state index contributed by atoms with van der Waals surface area (Å²) in [5.74, 6) is 0.542. The van der Waals surface area contributed by atoms with Crippen LogP contribution in [0.2, 0.25) is 0 Å². The van der Waals surface area contributed by atoms with Gasteiger partial charge in [0, 0.05) is 56.6 Å². The summed E-state index contributed by atoms with van der Waals surface area (Å²) in [5.41, 5.74) is 2.40. The smallest absolute Gasteiger partial charge is 0.153 e. The van der Waals surface area contributed by atoms with Crippen LogP contribution >= 0.6 is 0 Å². The Balaban J connectivity index is 1.51. The normalized spacial score (nSPS) is 26.0. The summed E-state index contributed by atoms with van der Waals surface area (Å²) < 4.78 is 26.7. The summed E-state index contributed by atoms with van der Waals surface area (Å²) in [4.78, 5) is 4.70. The molecule has 0 N–H and O–H groups in total. The molecule has 0 spiro atoms. The zero-order valence-electron chi connectivity index (χ0n) is 15.2. The molecule has 0 saturated carbocycles. The number of aryl methyl sites for hydroxylation is 1. The topological polar surface area (TPSA) is 58.4 Å². The second kappa shape index (κ2) is 7.13. The van der Waals surface area contributed by atoms with Crippen LogP contribution < -0.4 is 0 Å². The molecule has 1 aromatic carbocycles. The van der Waals surface area contributed by atoms with Gasteiger partial charge in [-0.05, 0) is 12.5 Å². The zero-order valence-corrected chi connectivity index (χ0v) is 16.0. The molecule has 0 amide bonds. The highest BCUT2D eigenvalue weighted by Crippen LogP contribution is 2.29. The first-order valence-electron chi connectivity index (χ1n) is 9.28. The summed E-state index contributed by atoms with van der Waals surface area (Å²) in [6.07, 6.45) is 3.97. The maximum Gasteiger partial charge on any atom is 0.153 e. The lowest BCUT2D eigenvalue weighted by Gasteiger charge is -2.44. The Hall–Kier alpha value is -1.70. The standard InChI is InChI=1S/C19H26N4O2S/c1-2-23-13-17(10-20-23)12-22-9-8-21(11-16-6-4-3-5-7-16)18-14-26(24,25)15-19(18)22/h3-7,10,13,18-19H,2,8-9,11-12,14-15H2,1H3/t18-,19+/m0/s1. The Kier molecular flexibility index (Phi) is 4.86. The van der Waals surface area contributed by atoms with Crippen LogP contribution in [0.25, 0.3) is 0 Å². The number of aromatic nitrogens is 2. The second-order valence-electron chi connectivity index (χ2n) is 7.34. The van der Waals surface area contributed by atoms with Crippen LogP contribution in [0.4, 0.5) is 0 Å². The molecule has 0 aliphatic carbocycles. The van der Waals surface area contributed by atoms with E-state index in [1.165, 1.54) is 5.56 Å². The highest BCUT2D eigenvalue weighted by atomic mass is 32.2. The monoisotopic (exact) mass is 374 g/mol. The number of fused-ring (bicyclic) bond motifs is 1. The predicted molar refractivity (Wildman–Crippen MR) is 101 cm³/mol. The van der Waals surface area contributed by atoms with Crippen molar-refractivity contribution in [1.82, 2.24) is 19.6 Å². The third-order valence-corrected chi connectivity index (χ3v) is 7.23. The van der Waals surface area contributed by atoms with Crippen LogP contribution in [-0.2, 0) is 29.5 Å². The number of hydrogen-bond donors (Lipinski definition) is 0. The first-order valence-corrected chi connectivity index (χ1v) is 11.1. The minimum Gasteiger partial charge on any atom is -0.292 e. The Labute approximate surface area is 155 Å². The Bertz CT molecular complexity index is 849. The van der Waals surface area contributed by atoms with Crippen LogP contribution in [-0.4, -0.2) is 64.7 Å². The number of nitrogens with zero attached hydrogens (tertiary/aromatic N) is 4. The first kappa shape index (κ1) is 17.7. The molecule has 2 aliphatic rings. The van der Waals surface area contributed by atoms with Gasteiger partial charge in [-0.15, -0.1) is 0 Å². The number of rotatable bonds is 5. The lowest BCUT2D eigenvalue weighted by Crippen LogP contribution is -2.58. The highest BCUT2D eigenvalue weighted by Gasteiger charge is 2.46. The molecule has 2 aromatic rings. The molecule has 0 unspecified atom stereocenters. The summed E-state index contributed by atoms with van der Waals surface area (Å²) in [7, 11) is -2.98. The number of sulfone groups is 1. The van der Waals surface area contributed by atoms with E-state index >= 15 is 0 Å². The van der Waals surface area contributed by atoms with E-state index in [9.17, 15) is 8.42 Å². The van der Waals surface area contributed by atoms with Gasteiger partial charge in [-0.1, -0.05) is 30.3 Å². The quantitative estimate of drug-likeness (QED) is 0.792. The van der Waals surface area contributed by atoms with Crippen LogP contribution in [0.15, 0.2) is 42.7 Å². The van der Waals surface area contributed by atoms with E-state index in [-0.39, 0.29) is 23.6 Å². The Morgan fingerprint density at radius 3 is 2.19 bits per heavy atom. The van der Waals surface area contributed by atoms with Crippen molar-refractivity contribution in [3.63, 3.8) is 0 Å². The van der Waals surface area contributed by atoms with Crippen molar-refractivity contribution in [2.24, 2.45) is 0 Å². The van der Waals surface area contributed by atoms with Gasteiger partial charge in [0.15, 0.2) is 9.84 Å². The molecule has 3 heterocycles. The maximum absolute atomic E-state index is 12.4. The first-order chi connectivity index (χ1) is 12.5. The molecule has 2 atom stereocenters. The summed E-state index contributed by atoms with van der Waals surface area (Å²) in [6.45, 7) is 6.30. The van der Waals surface area contributed by atoms with E-state index in [1.54, 1.807) is 0 Å². The molecular formula is C19H26N4O2S. The fraction of sp³-hybridized carbons (Fsp3) is 0.526. The number of benzene rings is 1. The van der Waals surface area contributed by atoms with Crippen molar-refractivity contribution < 1.29 is 8.42 Å². The molecule has 7 heteroatoms. The van der Waals surface area contributed by atoms with Gasteiger partial charge in [0.2, 0.25) is 0 Å². The summed E-state index contributed by atoms with van der Waals surface area (Å²) >= 11 is 0. The molecule has 0 bridgehead atoms. The van der Waals surface area contributed by atoms with E-state index < -0.39 is 9.84 Å². The number of hydrogen-bond acceptors (Lipinski definition) is 5. The molecule has 140 valence electrons. The minimum atomic E-state index is -2.98. The van der Waals surface area contributed by atoms with Gasteiger partial charge in [-0.25, -0.2) is 8.42 Å². The summed E-state index contributed by atoms with van der Waals surface area (Å²) in [6, 6.07) is 10.5. The van der Waals surface area contributed by atoms with E-state index in [4.69, 9.17) is 0 Å². The van der Waals surface area contributed by atoms with Gasteiger partial charge in [-0.3, -0.25) is 14.5 Å². The predicted octanol–water partition coefficient (Wildman–Crippen LogP) is 1.39. The average molecular weight is 375 g/mol. The van der Waals surface area contributed by atoms with Gasteiger partial charge in [-0.2, -0.15) is 5.10 Å². The molecular weight excluding hydrogens is 348 g/mol. The number of piperazine rings is 1. The fourth-order valence-electron chi connectivity index (χ4n) is 4.20. The third-order valence-electron chi connectivity index (χ3n) is 5.53. The zero-order chi connectivity index (χ0) is 18.1. The van der Waals surface area contributed by atoms with Gasteiger partial charge in [0.25, 0.3) is 0 Å². The molecule has 2 aliphatic heterocycles. The average Bonchev–Trinajstić information content (AvgIpc) is 3.21. The minimum absolute atomic E-state index is 0.0717. The van der Waals surface area contributed by atoms with Gasteiger partial charge in [0.1, 0.15) is 0 Å². The van der Waals surface area contributed by atoms with E-state index in [2.05, 4.69) is 40.2 Å². The molecule has 0 radical (unpaired) electrons. The van der Waals surface area contributed by atoms with Crippen LogP contribution in [0.3, 0.4) is 0 Å². The Morgan fingerprint density at radius 2 is 1.62 bits per heavy atom. The summed E-state index contributed by atoms with van der Waals surface area (Å²) in [5, 5.41) is 4.35. The van der Waals surface area contributed by atoms with Crippen LogP contribution in [0, 0.1) is 0 Å². The fourth-order valence-corrected chi connectivity index (χ4v) is 6.25. The maximum atomic E-state index is 12.4. The van der Waals surface area contributed by atoms with Crippen LogP contribution in [0.5, 0.6) is 0 Å². The van der Waals surface area contributed by atoms with Gasteiger partial charge >= 0.3 is 0 Å². The van der Waals surface area contributed by atoms with E-state index in [1.807, 2.05) is 29.1 Å². The van der Waals surface area contributed by atoms with Crippen molar-refractivity contribution in [3.05, 3.63) is 53.9 Å². The van der Waals surface area contributed by atoms with E-state index in [0.29, 0.717) is 0 Å². The van der Waals surface area contributed by atoms with Crippen molar-refractivity contribution in [2.45, 2.75) is 38.6 Å². The second-order valence-corrected chi connectivity index (χ2v) is 9.50. The van der Waals surface area contributed by atoms with Crippen molar-refractivity contribution in [1.29, 1.82) is 0 Å². The largest absolute Gasteiger partial charge is 0.292 e. The van der Waals surface area contributed by atoms with Crippen molar-refractivity contribution in [2.75, 3.05) is 24.6 Å². The molecule has 1 aromatic heterocycles. The Morgan fingerprint density at radius 1 is 1.00 bits per heavy atom. The molecule has 2 fully saturated rings. The van der Waals surface area contributed by atoms with Crippen molar-refractivity contribution >= 4 is 9.84 Å². The lowest BCUT2D eigenvalue weighted by molar-refractivity contribution is 0.0355. The molecule has 26 heavy (non-hydrogen) atoms. The highest BCUT2D eigenvalue weighted by molar-refractivity contribution is 7.91. The van der Waals surface area contributed by atoms with E-state index in [0.717, 1.165) is 38.3 Å². The van der Waals surface area contributed by atoms with Gasteiger partial charge < -0.3 is 0 Å².